The highest BCUT2D eigenvalue weighted by Crippen LogP contribution is 2.31. The van der Waals surface area contributed by atoms with Crippen molar-refractivity contribution in [1.29, 1.82) is 0 Å². The molecule has 7 heteroatoms. The van der Waals surface area contributed by atoms with Crippen molar-refractivity contribution in [2.75, 3.05) is 25.1 Å². The first-order valence-electron chi connectivity index (χ1n) is 10.9. The van der Waals surface area contributed by atoms with Gasteiger partial charge in [-0.3, -0.25) is 19.3 Å². The lowest BCUT2D eigenvalue weighted by Gasteiger charge is -2.34. The van der Waals surface area contributed by atoms with Crippen LogP contribution in [0, 0.1) is 5.92 Å². The lowest BCUT2D eigenvalue weighted by Crippen LogP contribution is -2.36. The van der Waals surface area contributed by atoms with E-state index < -0.39 is 0 Å². The molecule has 0 saturated carbocycles. The van der Waals surface area contributed by atoms with Gasteiger partial charge in [0.1, 0.15) is 5.75 Å². The normalized spacial score (nSPS) is 14.6. The fraction of sp³-hybridized carbons (Fsp3) is 0.280. The van der Waals surface area contributed by atoms with E-state index in [1.54, 1.807) is 36.5 Å². The molecule has 0 aliphatic carbocycles. The quantitative estimate of drug-likeness (QED) is 0.483. The summed E-state index contributed by atoms with van der Waals surface area (Å²) >= 11 is 0. The van der Waals surface area contributed by atoms with E-state index in [9.17, 15) is 4.79 Å². The van der Waals surface area contributed by atoms with Gasteiger partial charge in [0.05, 0.1) is 24.6 Å². The number of pyridine rings is 2. The number of aromatic nitrogens is 4. The second-order valence-corrected chi connectivity index (χ2v) is 8.15. The molecule has 5 rings (SSSR count). The van der Waals surface area contributed by atoms with Gasteiger partial charge in [0.2, 0.25) is 0 Å². The zero-order valence-corrected chi connectivity index (χ0v) is 18.0. The van der Waals surface area contributed by atoms with Gasteiger partial charge in [0.25, 0.3) is 5.56 Å². The molecule has 3 aromatic heterocycles. The van der Waals surface area contributed by atoms with E-state index in [2.05, 4.69) is 32.0 Å². The van der Waals surface area contributed by atoms with Gasteiger partial charge >= 0.3 is 0 Å². The average Bonchev–Trinajstić information content (AvgIpc) is 2.85. The maximum Gasteiger partial charge on any atom is 0.253 e. The van der Waals surface area contributed by atoms with E-state index in [1.165, 1.54) is 5.69 Å². The molecule has 0 amide bonds. The third kappa shape index (κ3) is 4.06. The lowest BCUT2D eigenvalue weighted by molar-refractivity contribution is 0.351. The standard InChI is InChI=1S/C25H25N5O2/c1-32-20-4-5-22-21(13-20)24(6-10-27-22)29-11-7-18(8-12-29)16-30-17-28-23(14-25(30)31)19-3-2-9-26-15-19/h2-6,9-10,13-15,17-18H,7-8,11-12,16H2,1H3. The van der Waals surface area contributed by atoms with Crippen molar-refractivity contribution >= 4 is 16.6 Å². The third-order valence-electron chi connectivity index (χ3n) is 6.17. The minimum absolute atomic E-state index is 0.0199. The number of hydrogen-bond acceptors (Lipinski definition) is 6. The number of methoxy groups -OCH3 is 1. The van der Waals surface area contributed by atoms with E-state index in [1.807, 2.05) is 30.5 Å². The molecule has 0 spiro atoms. The van der Waals surface area contributed by atoms with Crippen LogP contribution in [0.2, 0.25) is 0 Å². The van der Waals surface area contributed by atoms with Crippen LogP contribution in [0.1, 0.15) is 12.8 Å². The van der Waals surface area contributed by atoms with Crippen LogP contribution in [0.4, 0.5) is 5.69 Å². The monoisotopic (exact) mass is 427 g/mol. The molecule has 0 radical (unpaired) electrons. The predicted octanol–water partition coefficient (Wildman–Crippen LogP) is 3.78. The average molecular weight is 428 g/mol. The van der Waals surface area contributed by atoms with Crippen LogP contribution in [-0.4, -0.2) is 39.7 Å². The highest BCUT2D eigenvalue weighted by Gasteiger charge is 2.22. The number of anilines is 1. The summed E-state index contributed by atoms with van der Waals surface area (Å²) in [5.41, 5.74) is 3.65. The van der Waals surface area contributed by atoms with Gasteiger partial charge < -0.3 is 9.64 Å². The van der Waals surface area contributed by atoms with Crippen LogP contribution in [0.3, 0.4) is 0 Å². The van der Waals surface area contributed by atoms with Gasteiger partial charge in [-0.05, 0) is 55.2 Å². The first-order chi connectivity index (χ1) is 15.7. The topological polar surface area (TPSA) is 73.1 Å². The molecule has 32 heavy (non-hydrogen) atoms. The molecular weight excluding hydrogens is 402 g/mol. The summed E-state index contributed by atoms with van der Waals surface area (Å²) in [5, 5.41) is 1.11. The Morgan fingerprint density at radius 2 is 1.94 bits per heavy atom. The highest BCUT2D eigenvalue weighted by atomic mass is 16.5. The van der Waals surface area contributed by atoms with Crippen molar-refractivity contribution in [3.8, 4) is 17.0 Å². The first kappa shape index (κ1) is 20.2. The minimum Gasteiger partial charge on any atom is -0.497 e. The van der Waals surface area contributed by atoms with Crippen molar-refractivity contribution < 1.29 is 4.74 Å². The minimum atomic E-state index is -0.0199. The second kappa shape index (κ2) is 8.78. The number of nitrogens with zero attached hydrogens (tertiary/aromatic N) is 5. The maximum atomic E-state index is 12.7. The Labute approximate surface area is 186 Å². The fourth-order valence-electron chi connectivity index (χ4n) is 4.38. The van der Waals surface area contributed by atoms with E-state index in [0.717, 1.165) is 48.1 Å². The number of hydrogen-bond donors (Lipinski definition) is 0. The van der Waals surface area contributed by atoms with Crippen LogP contribution in [0.5, 0.6) is 5.75 Å². The first-order valence-corrected chi connectivity index (χ1v) is 10.9. The molecule has 4 aromatic rings. The second-order valence-electron chi connectivity index (χ2n) is 8.15. The zero-order chi connectivity index (χ0) is 21.9. The van der Waals surface area contributed by atoms with Crippen molar-refractivity contribution in [2.45, 2.75) is 19.4 Å². The zero-order valence-electron chi connectivity index (χ0n) is 18.0. The van der Waals surface area contributed by atoms with Crippen molar-refractivity contribution in [2.24, 2.45) is 5.92 Å². The molecule has 1 aromatic carbocycles. The molecule has 0 N–H and O–H groups in total. The molecule has 1 fully saturated rings. The van der Waals surface area contributed by atoms with Gasteiger partial charge in [0.15, 0.2) is 0 Å². The molecule has 7 nitrogen and oxygen atoms in total. The molecule has 0 bridgehead atoms. The molecular formula is C25H25N5O2. The Kier molecular flexibility index (Phi) is 5.54. The smallest absolute Gasteiger partial charge is 0.253 e. The molecule has 1 saturated heterocycles. The summed E-state index contributed by atoms with van der Waals surface area (Å²) in [6, 6.07) is 13.4. The number of benzene rings is 1. The van der Waals surface area contributed by atoms with Gasteiger partial charge in [-0.25, -0.2) is 4.98 Å². The summed E-state index contributed by atoms with van der Waals surface area (Å²) in [7, 11) is 1.68. The number of ether oxygens (including phenoxy) is 1. The molecule has 1 aliphatic rings. The Bertz CT molecular complexity index is 1280. The van der Waals surface area contributed by atoms with Crippen LogP contribution in [0.25, 0.3) is 22.2 Å². The van der Waals surface area contributed by atoms with E-state index in [0.29, 0.717) is 18.2 Å². The fourth-order valence-corrected chi connectivity index (χ4v) is 4.38. The van der Waals surface area contributed by atoms with Crippen LogP contribution in [0.15, 0.2) is 72.2 Å². The number of piperidine rings is 1. The molecule has 4 heterocycles. The Morgan fingerprint density at radius 1 is 1.06 bits per heavy atom. The van der Waals surface area contributed by atoms with Crippen LogP contribution >= 0.6 is 0 Å². The van der Waals surface area contributed by atoms with Crippen molar-refractivity contribution in [3.63, 3.8) is 0 Å². The van der Waals surface area contributed by atoms with Crippen LogP contribution in [-0.2, 0) is 6.54 Å². The Balaban J connectivity index is 1.28. The number of rotatable bonds is 5. The lowest BCUT2D eigenvalue weighted by atomic mass is 9.96. The molecule has 162 valence electrons. The summed E-state index contributed by atoms with van der Waals surface area (Å²) in [4.78, 5) is 28.1. The van der Waals surface area contributed by atoms with Crippen LogP contribution < -0.4 is 15.2 Å². The van der Waals surface area contributed by atoms with Gasteiger partial charge in [-0.2, -0.15) is 0 Å². The largest absolute Gasteiger partial charge is 0.497 e. The van der Waals surface area contributed by atoms with Crippen molar-refractivity contribution in [3.05, 3.63) is 77.7 Å². The SMILES string of the molecule is COc1ccc2nccc(N3CCC(Cn4cnc(-c5cccnc5)cc4=O)CC3)c2c1. The highest BCUT2D eigenvalue weighted by molar-refractivity contribution is 5.92. The maximum absolute atomic E-state index is 12.7. The third-order valence-corrected chi connectivity index (χ3v) is 6.17. The molecule has 0 atom stereocenters. The van der Waals surface area contributed by atoms with E-state index in [4.69, 9.17) is 4.74 Å². The summed E-state index contributed by atoms with van der Waals surface area (Å²) in [6.07, 6.45) is 9.00. The van der Waals surface area contributed by atoms with Gasteiger partial charge in [-0.15, -0.1) is 0 Å². The Morgan fingerprint density at radius 3 is 2.69 bits per heavy atom. The van der Waals surface area contributed by atoms with E-state index in [-0.39, 0.29) is 5.56 Å². The van der Waals surface area contributed by atoms with Gasteiger partial charge in [-0.1, -0.05) is 0 Å². The van der Waals surface area contributed by atoms with Gasteiger partial charge in [0, 0.05) is 60.9 Å². The molecule has 0 unspecified atom stereocenters. The van der Waals surface area contributed by atoms with E-state index >= 15 is 0 Å². The molecule has 1 aliphatic heterocycles. The summed E-state index contributed by atoms with van der Waals surface area (Å²) < 4.78 is 7.14. The Hall–Kier alpha value is -3.74. The summed E-state index contributed by atoms with van der Waals surface area (Å²) in [5.74, 6) is 1.28. The predicted molar refractivity (Wildman–Crippen MR) is 125 cm³/mol. The number of fused-ring (bicyclic) bond motifs is 1. The van der Waals surface area contributed by atoms with Crippen molar-refractivity contribution in [1.82, 2.24) is 19.5 Å². The summed E-state index contributed by atoms with van der Waals surface area (Å²) in [6.45, 7) is 2.58.